The number of imidazole rings is 1. The van der Waals surface area contributed by atoms with E-state index in [0.717, 1.165) is 0 Å². The second kappa shape index (κ2) is 12.7. The zero-order valence-electron chi connectivity index (χ0n) is 18.2. The lowest BCUT2D eigenvalue weighted by atomic mass is 9.99. The highest BCUT2D eigenvalue weighted by atomic mass is 16.4. The van der Waals surface area contributed by atoms with E-state index in [9.17, 15) is 34.5 Å². The third kappa shape index (κ3) is 7.90. The molecule has 0 saturated heterocycles. The van der Waals surface area contributed by atoms with Gasteiger partial charge >= 0.3 is 5.97 Å². The zero-order chi connectivity index (χ0) is 24.4. The Morgan fingerprint density at radius 3 is 2.19 bits per heavy atom. The first-order valence-corrected chi connectivity index (χ1v) is 10.2. The number of nitrogens with zero attached hydrogens (tertiary/aromatic N) is 1. The summed E-state index contributed by atoms with van der Waals surface area (Å²) >= 11 is 0. The molecular weight excluding hydrogens is 424 g/mol. The van der Waals surface area contributed by atoms with Crippen molar-refractivity contribution in [2.75, 3.05) is 6.61 Å². The highest BCUT2D eigenvalue weighted by Gasteiger charge is 2.33. The summed E-state index contributed by atoms with van der Waals surface area (Å²) in [5.41, 5.74) is 6.27. The minimum Gasteiger partial charge on any atom is -0.480 e. The van der Waals surface area contributed by atoms with Crippen LogP contribution in [0.25, 0.3) is 0 Å². The summed E-state index contributed by atoms with van der Waals surface area (Å²) < 4.78 is 0. The maximum Gasteiger partial charge on any atom is 0.326 e. The minimum atomic E-state index is -1.54. The maximum absolute atomic E-state index is 12.6. The second-order valence-electron chi connectivity index (χ2n) is 7.56. The monoisotopic (exact) mass is 456 g/mol. The van der Waals surface area contributed by atoms with Crippen molar-refractivity contribution in [2.45, 2.75) is 63.9 Å². The molecule has 0 fully saturated rings. The number of carbonyl (C=O) groups excluding carboxylic acids is 3. The molecular formula is C19H32N6O7. The van der Waals surface area contributed by atoms with Crippen LogP contribution in [0.3, 0.4) is 0 Å². The number of carboxylic acid groups (broad SMARTS) is 1. The minimum absolute atomic E-state index is 0.107. The van der Waals surface area contributed by atoms with E-state index in [2.05, 4.69) is 25.9 Å². The molecule has 13 nitrogen and oxygen atoms in total. The Bertz CT molecular complexity index is 770. The van der Waals surface area contributed by atoms with Crippen molar-refractivity contribution < 1.29 is 34.5 Å². The fourth-order valence-corrected chi connectivity index (χ4v) is 2.71. The van der Waals surface area contributed by atoms with Gasteiger partial charge in [0, 0.05) is 18.3 Å². The van der Waals surface area contributed by atoms with Gasteiger partial charge in [-0.25, -0.2) is 9.78 Å². The van der Waals surface area contributed by atoms with E-state index < -0.39 is 60.6 Å². The molecule has 0 aliphatic heterocycles. The summed E-state index contributed by atoms with van der Waals surface area (Å²) in [5.74, 6) is -4.06. The van der Waals surface area contributed by atoms with Gasteiger partial charge in [-0.15, -0.1) is 0 Å². The fraction of sp³-hybridized carbons (Fsp3) is 0.632. The molecule has 0 aromatic carbocycles. The molecule has 0 saturated carbocycles. The van der Waals surface area contributed by atoms with Crippen molar-refractivity contribution >= 4 is 23.7 Å². The van der Waals surface area contributed by atoms with Gasteiger partial charge in [-0.05, 0) is 12.8 Å². The Morgan fingerprint density at radius 1 is 1.09 bits per heavy atom. The SMILES string of the molecule is CCC(C)C(N)C(=O)NC(CO)C(=O)NC(C(=O)NC(Cc1cnc[nH]1)C(=O)O)C(C)O. The standard InChI is InChI=1S/C19H32N6O7/c1-4-9(2)14(20)17(29)24-13(7-26)16(28)25-15(10(3)27)18(30)23-12(19(31)32)5-11-6-21-8-22-11/h6,8-10,12-15,26-27H,4-5,7,20H2,1-3H3,(H,21,22)(H,23,30)(H,24,29)(H,25,28)(H,31,32). The molecule has 32 heavy (non-hydrogen) atoms. The number of carbonyl (C=O) groups is 4. The summed E-state index contributed by atoms with van der Waals surface area (Å²) in [6.07, 6.45) is 1.86. The summed E-state index contributed by atoms with van der Waals surface area (Å²) in [6, 6.07) is -5.23. The van der Waals surface area contributed by atoms with E-state index in [-0.39, 0.29) is 12.3 Å². The number of nitrogens with one attached hydrogen (secondary N) is 4. The van der Waals surface area contributed by atoms with Crippen molar-refractivity contribution in [1.82, 2.24) is 25.9 Å². The number of rotatable bonds is 13. The highest BCUT2D eigenvalue weighted by molar-refractivity contribution is 5.94. The van der Waals surface area contributed by atoms with Gasteiger partial charge in [-0.3, -0.25) is 14.4 Å². The van der Waals surface area contributed by atoms with Crippen molar-refractivity contribution in [3.05, 3.63) is 18.2 Å². The van der Waals surface area contributed by atoms with Crippen LogP contribution in [0.4, 0.5) is 0 Å². The second-order valence-corrected chi connectivity index (χ2v) is 7.56. The molecule has 6 unspecified atom stereocenters. The van der Waals surface area contributed by atoms with Gasteiger partial charge in [-0.2, -0.15) is 0 Å². The molecule has 1 rings (SSSR count). The van der Waals surface area contributed by atoms with Gasteiger partial charge in [-0.1, -0.05) is 20.3 Å². The lowest BCUT2D eigenvalue weighted by molar-refractivity contribution is -0.143. The number of hydrogen-bond acceptors (Lipinski definition) is 8. The first-order chi connectivity index (χ1) is 15.0. The Kier molecular flexibility index (Phi) is 10.7. The summed E-state index contributed by atoms with van der Waals surface area (Å²) in [5, 5.41) is 35.6. The van der Waals surface area contributed by atoms with Gasteiger partial charge in [0.05, 0.1) is 25.1 Å². The Hall–Kier alpha value is -3.03. The number of carboxylic acids is 1. The Labute approximate surface area is 185 Å². The molecule has 1 heterocycles. The lowest BCUT2D eigenvalue weighted by Gasteiger charge is -2.26. The van der Waals surface area contributed by atoms with Crippen molar-refractivity contribution in [3.8, 4) is 0 Å². The number of hydrogen-bond donors (Lipinski definition) is 8. The normalized spacial score (nSPS) is 16.7. The molecule has 0 aliphatic carbocycles. The molecule has 0 aliphatic rings. The molecule has 0 spiro atoms. The lowest BCUT2D eigenvalue weighted by Crippen LogP contribution is -2.61. The third-order valence-electron chi connectivity index (χ3n) is 5.03. The van der Waals surface area contributed by atoms with Gasteiger partial charge < -0.3 is 42.0 Å². The van der Waals surface area contributed by atoms with Crippen LogP contribution in [0, 0.1) is 5.92 Å². The molecule has 1 aromatic heterocycles. The molecule has 1 aromatic rings. The number of amides is 3. The predicted molar refractivity (Wildman–Crippen MR) is 112 cm³/mol. The van der Waals surface area contributed by atoms with Gasteiger partial charge in [0.25, 0.3) is 0 Å². The smallest absolute Gasteiger partial charge is 0.326 e. The van der Waals surface area contributed by atoms with Crippen LogP contribution in [0.15, 0.2) is 12.5 Å². The van der Waals surface area contributed by atoms with E-state index in [1.165, 1.54) is 19.4 Å². The van der Waals surface area contributed by atoms with Gasteiger partial charge in [0.15, 0.2) is 0 Å². The zero-order valence-corrected chi connectivity index (χ0v) is 18.2. The first-order valence-electron chi connectivity index (χ1n) is 10.2. The van der Waals surface area contributed by atoms with E-state index in [4.69, 9.17) is 5.73 Å². The summed E-state index contributed by atoms with van der Waals surface area (Å²) in [4.78, 5) is 55.3. The Balaban J connectivity index is 2.84. The number of aromatic amines is 1. The van der Waals surface area contributed by atoms with Crippen LogP contribution in [0.2, 0.25) is 0 Å². The fourth-order valence-electron chi connectivity index (χ4n) is 2.71. The van der Waals surface area contributed by atoms with Crippen LogP contribution in [-0.2, 0) is 25.6 Å². The largest absolute Gasteiger partial charge is 0.480 e. The van der Waals surface area contributed by atoms with Crippen LogP contribution < -0.4 is 21.7 Å². The number of nitrogens with two attached hydrogens (primary N) is 1. The summed E-state index contributed by atoms with van der Waals surface area (Å²) in [7, 11) is 0. The van der Waals surface area contributed by atoms with Gasteiger partial charge in [0.2, 0.25) is 17.7 Å². The number of H-pyrrole nitrogens is 1. The topological polar surface area (TPSA) is 220 Å². The van der Waals surface area contributed by atoms with E-state index in [1.54, 1.807) is 6.92 Å². The number of aliphatic carboxylic acids is 1. The average Bonchev–Trinajstić information content (AvgIpc) is 3.26. The number of aliphatic hydroxyl groups excluding tert-OH is 2. The van der Waals surface area contributed by atoms with Crippen LogP contribution >= 0.6 is 0 Å². The molecule has 13 heteroatoms. The third-order valence-corrected chi connectivity index (χ3v) is 5.03. The van der Waals surface area contributed by atoms with Gasteiger partial charge in [0.1, 0.15) is 18.1 Å². The van der Waals surface area contributed by atoms with E-state index in [0.29, 0.717) is 12.1 Å². The van der Waals surface area contributed by atoms with Crippen molar-refractivity contribution in [1.29, 1.82) is 0 Å². The predicted octanol–water partition coefficient (Wildman–Crippen LogP) is -2.76. The average molecular weight is 457 g/mol. The highest BCUT2D eigenvalue weighted by Crippen LogP contribution is 2.06. The quantitative estimate of drug-likeness (QED) is 0.154. The first kappa shape index (κ1) is 27.0. The molecule has 0 radical (unpaired) electrons. The molecule has 3 amide bonds. The van der Waals surface area contributed by atoms with Crippen LogP contribution in [-0.4, -0.2) is 85.9 Å². The van der Waals surface area contributed by atoms with E-state index in [1.807, 2.05) is 6.92 Å². The van der Waals surface area contributed by atoms with Crippen molar-refractivity contribution in [2.24, 2.45) is 11.7 Å². The van der Waals surface area contributed by atoms with Crippen LogP contribution in [0.5, 0.6) is 0 Å². The number of aromatic nitrogens is 2. The number of aliphatic hydroxyl groups is 2. The molecule has 6 atom stereocenters. The van der Waals surface area contributed by atoms with Crippen molar-refractivity contribution in [3.63, 3.8) is 0 Å². The van der Waals surface area contributed by atoms with Crippen LogP contribution in [0.1, 0.15) is 32.9 Å². The molecule has 0 bridgehead atoms. The molecule has 180 valence electrons. The molecule has 9 N–H and O–H groups in total. The van der Waals surface area contributed by atoms with E-state index >= 15 is 0 Å². The Morgan fingerprint density at radius 2 is 1.72 bits per heavy atom. The summed E-state index contributed by atoms with van der Waals surface area (Å²) in [6.45, 7) is 4.04. The maximum atomic E-state index is 12.6.